The highest BCUT2D eigenvalue weighted by Crippen LogP contribution is 2.59. The third-order valence-electron chi connectivity index (χ3n) is 16.7. The van der Waals surface area contributed by atoms with E-state index in [0.29, 0.717) is 0 Å². The lowest BCUT2D eigenvalue weighted by Crippen LogP contribution is -2.03. The molecular formula is C82H58S2. The molecule has 0 N–H and O–H groups in total. The van der Waals surface area contributed by atoms with Crippen molar-refractivity contribution in [1.82, 2.24) is 0 Å². The van der Waals surface area contributed by atoms with Crippen molar-refractivity contribution in [2.24, 2.45) is 0 Å². The maximum atomic E-state index is 2.53. The van der Waals surface area contributed by atoms with Gasteiger partial charge in [0.25, 0.3) is 0 Å². The quantitative estimate of drug-likeness (QED) is 0.149. The van der Waals surface area contributed by atoms with Gasteiger partial charge in [0, 0.05) is 23.0 Å². The summed E-state index contributed by atoms with van der Waals surface area (Å²) in [5.41, 5.74) is 34.3. The van der Waals surface area contributed by atoms with Gasteiger partial charge in [0.15, 0.2) is 0 Å². The molecule has 0 saturated carbocycles. The van der Waals surface area contributed by atoms with Crippen LogP contribution < -0.4 is 0 Å². The highest BCUT2D eigenvalue weighted by Gasteiger charge is 2.33. The van der Waals surface area contributed by atoms with Crippen molar-refractivity contribution in [3.8, 4) is 134 Å². The van der Waals surface area contributed by atoms with Gasteiger partial charge in [0.05, 0.1) is 0 Å². The zero-order valence-electron chi connectivity index (χ0n) is 46.5. The molecule has 0 fully saturated rings. The van der Waals surface area contributed by atoms with Crippen molar-refractivity contribution in [1.29, 1.82) is 0 Å². The van der Waals surface area contributed by atoms with E-state index >= 15 is 0 Å². The van der Waals surface area contributed by atoms with E-state index in [2.05, 4.69) is 303 Å². The van der Waals surface area contributed by atoms with Crippen LogP contribution in [-0.2, 0) is 23.0 Å². The lowest BCUT2D eigenvalue weighted by Gasteiger charge is -2.30. The molecule has 18 rings (SSSR count). The van der Waals surface area contributed by atoms with Crippen LogP contribution in [0.15, 0.2) is 303 Å². The molecule has 5 aliphatic heterocycles. The molecule has 13 aromatic rings. The van der Waals surface area contributed by atoms with Gasteiger partial charge in [-0.1, -0.05) is 303 Å². The minimum atomic E-state index is 0.872. The Bertz CT molecular complexity index is 4170. The molecule has 5 heterocycles. The zero-order valence-corrected chi connectivity index (χ0v) is 48.1. The molecule has 0 saturated heterocycles. The Morgan fingerprint density at radius 2 is 0.286 bits per heavy atom. The monoisotopic (exact) mass is 1110 g/mol. The number of thioether (sulfide) groups is 2. The van der Waals surface area contributed by atoms with Crippen LogP contribution in [0.25, 0.3) is 134 Å². The summed E-state index contributed by atoms with van der Waals surface area (Å²) in [6, 6.07) is 115. The molecule has 398 valence electrons. The first kappa shape index (κ1) is 51.4. The summed E-state index contributed by atoms with van der Waals surface area (Å²) in [5, 5.41) is 0. The Hall–Kier alpha value is -9.44. The molecule has 0 aromatic heterocycles. The summed E-state index contributed by atoms with van der Waals surface area (Å²) in [4.78, 5) is 0. The molecule has 0 unspecified atom stereocenters. The van der Waals surface area contributed by atoms with Crippen LogP contribution in [0.5, 0.6) is 0 Å². The van der Waals surface area contributed by atoms with Gasteiger partial charge in [-0.15, -0.1) is 0 Å². The van der Waals surface area contributed by atoms with Crippen LogP contribution in [0.4, 0.5) is 0 Å². The van der Waals surface area contributed by atoms with Crippen LogP contribution in [0.1, 0.15) is 22.3 Å². The van der Waals surface area contributed by atoms with Gasteiger partial charge in [-0.2, -0.15) is 23.5 Å². The van der Waals surface area contributed by atoms with E-state index in [1.54, 1.807) is 0 Å². The topological polar surface area (TPSA) is 0 Å². The van der Waals surface area contributed by atoms with Gasteiger partial charge in [-0.25, -0.2) is 0 Å². The summed E-state index contributed by atoms with van der Waals surface area (Å²) < 4.78 is 0. The molecule has 0 radical (unpaired) electrons. The smallest absolute Gasteiger partial charge is 0.0188 e. The van der Waals surface area contributed by atoms with Crippen molar-refractivity contribution in [3.05, 3.63) is 326 Å². The van der Waals surface area contributed by atoms with Crippen molar-refractivity contribution in [3.63, 3.8) is 0 Å². The molecule has 5 aliphatic rings. The fraction of sp³-hybridized carbons (Fsp3) is 0.0488. The van der Waals surface area contributed by atoms with E-state index < -0.39 is 0 Å². The molecule has 0 amide bonds. The minimum absolute atomic E-state index is 0.872. The van der Waals surface area contributed by atoms with Crippen LogP contribution in [0.3, 0.4) is 0 Å². The predicted molar refractivity (Wildman–Crippen MR) is 362 cm³/mol. The lowest BCUT2D eigenvalue weighted by molar-refractivity contribution is 1.28. The summed E-state index contributed by atoms with van der Waals surface area (Å²) in [5.74, 6) is 3.49. The molecule has 0 aliphatic carbocycles. The average molecular weight is 1110 g/mol. The Morgan fingerprint density at radius 1 is 0.143 bits per heavy atom. The number of hydrogen-bond donors (Lipinski definition) is 0. The van der Waals surface area contributed by atoms with Gasteiger partial charge in [0.1, 0.15) is 0 Å². The van der Waals surface area contributed by atoms with Crippen molar-refractivity contribution in [2.75, 3.05) is 0 Å². The SMILES string of the molecule is c1ccc(-c2c(-c3ccccc3)c(-c3ccccc3)c3c(c2-c2ccccc2)-c2ccc(cc2)-c2c(-c4ccccc4)c(-c4ccccc4)c(-c4ccccc4)c(-c4ccccc4)c2-c2cc4cc(c2)CSCc2cc(cc-3c2)CSC4)cc1. The normalized spacial score (nSPS) is 12.5. The van der Waals surface area contributed by atoms with Crippen LogP contribution >= 0.6 is 23.5 Å². The highest BCUT2D eigenvalue weighted by atomic mass is 32.2. The summed E-state index contributed by atoms with van der Waals surface area (Å²) in [6.07, 6.45) is 0. The second-order valence-electron chi connectivity index (χ2n) is 22.1. The maximum absolute atomic E-state index is 2.53. The van der Waals surface area contributed by atoms with Crippen molar-refractivity contribution in [2.45, 2.75) is 23.0 Å². The molecule has 0 atom stereocenters. The van der Waals surface area contributed by atoms with Crippen molar-refractivity contribution >= 4 is 23.5 Å². The van der Waals surface area contributed by atoms with E-state index in [0.717, 1.165) is 34.1 Å². The Labute approximate surface area is 502 Å². The van der Waals surface area contributed by atoms with Crippen LogP contribution in [-0.4, -0.2) is 0 Å². The largest absolute Gasteiger partial charge is 0.152 e. The van der Waals surface area contributed by atoms with Gasteiger partial charge in [0.2, 0.25) is 0 Å². The predicted octanol–water partition coefficient (Wildman–Crippen LogP) is 23.2. The van der Waals surface area contributed by atoms with Gasteiger partial charge in [-0.05, 0) is 156 Å². The van der Waals surface area contributed by atoms with E-state index in [1.807, 2.05) is 23.5 Å². The number of rotatable bonds is 8. The second-order valence-corrected chi connectivity index (χ2v) is 24.0. The first-order valence-corrected chi connectivity index (χ1v) is 31.4. The maximum Gasteiger partial charge on any atom is 0.0188 e. The number of benzene rings is 13. The highest BCUT2D eigenvalue weighted by molar-refractivity contribution is 7.98. The molecule has 0 spiro atoms. The summed E-state index contributed by atoms with van der Waals surface area (Å²) in [6.45, 7) is 0. The van der Waals surface area contributed by atoms with E-state index in [1.165, 1.54) is 145 Å². The Morgan fingerprint density at radius 3 is 0.452 bits per heavy atom. The van der Waals surface area contributed by atoms with Crippen molar-refractivity contribution < 1.29 is 0 Å². The summed E-state index contributed by atoms with van der Waals surface area (Å²) in [7, 11) is 0. The minimum Gasteiger partial charge on any atom is -0.152 e. The van der Waals surface area contributed by atoms with E-state index in [4.69, 9.17) is 0 Å². The van der Waals surface area contributed by atoms with Crippen LogP contribution in [0, 0.1) is 0 Å². The lowest BCUT2D eigenvalue weighted by atomic mass is 9.73. The average Bonchev–Trinajstić information content (AvgIpc) is 1.59. The first-order chi connectivity index (χ1) is 41.7. The Balaban J connectivity index is 1.17. The molecule has 0 nitrogen and oxygen atoms in total. The molecular weight excluding hydrogens is 1050 g/mol. The van der Waals surface area contributed by atoms with E-state index in [9.17, 15) is 0 Å². The molecule has 84 heavy (non-hydrogen) atoms. The third kappa shape index (κ3) is 9.62. The number of hydrogen-bond acceptors (Lipinski definition) is 2. The second kappa shape index (κ2) is 22.7. The molecule has 8 bridgehead atoms. The molecule has 13 aromatic carbocycles. The van der Waals surface area contributed by atoms with E-state index in [-0.39, 0.29) is 0 Å². The molecule has 2 heteroatoms. The van der Waals surface area contributed by atoms with Gasteiger partial charge >= 0.3 is 0 Å². The summed E-state index contributed by atoms with van der Waals surface area (Å²) >= 11 is 4.05. The fourth-order valence-electron chi connectivity index (χ4n) is 13.3. The Kier molecular flexibility index (Phi) is 13.9. The standard InChI is InChI=1S/C82H58S2/c1-9-25-59(26-10-1)71-73(61-29-13-3-14-30-61)77(65-37-21-7-22-38-65)81-69-47-55-45-56(48-69)52-84-54-58-46-57(53-83-51-55)49-70(50-58)82-78(66-39-23-8-24-40-66)74(62-31-15-4-16-32-62)72(60-27-11-2-12-28-60)76(64-35-19-6-20-36-64)80(82)68-43-41-67(42-44-68)79(81)75(71)63-33-17-5-18-34-63/h1-50H,51-54H2. The van der Waals surface area contributed by atoms with Crippen LogP contribution in [0.2, 0.25) is 0 Å². The first-order valence-electron chi connectivity index (χ1n) is 29.1. The zero-order chi connectivity index (χ0) is 55.8. The third-order valence-corrected chi connectivity index (χ3v) is 18.9. The van der Waals surface area contributed by atoms with Gasteiger partial charge in [-0.3, -0.25) is 0 Å². The fourth-order valence-corrected chi connectivity index (χ4v) is 15.1. The van der Waals surface area contributed by atoms with Gasteiger partial charge < -0.3 is 0 Å².